The molecule has 1 amide bonds. The number of carboxylic acids is 1. The maximum absolute atomic E-state index is 13.2. The van der Waals surface area contributed by atoms with Gasteiger partial charge in [0.25, 0.3) is 5.91 Å². The van der Waals surface area contributed by atoms with Crippen molar-refractivity contribution in [2.24, 2.45) is 0 Å². The number of hydrogen-bond acceptors (Lipinski definition) is 2. The van der Waals surface area contributed by atoms with Crippen LogP contribution in [0.5, 0.6) is 0 Å². The Hall–Kier alpha value is -2.21. The molecule has 20 heavy (non-hydrogen) atoms. The van der Waals surface area contributed by atoms with Crippen molar-refractivity contribution in [3.8, 4) is 0 Å². The smallest absolute Gasteiger partial charge is 0.337 e. The lowest BCUT2D eigenvalue weighted by molar-refractivity contribution is 0.0698. The molecular weight excluding hydrogens is 329 g/mol. The standard InChI is InChI=1S/C14H9BrFNO3/c15-11-4-2-1-3-9(11)13(18)17-12-7-8(16)5-6-10(12)14(19)20/h1-7H,(H,17,18)(H,19,20). The van der Waals surface area contributed by atoms with Crippen LogP contribution in [0.2, 0.25) is 0 Å². The van der Waals surface area contributed by atoms with E-state index < -0.39 is 17.7 Å². The minimum absolute atomic E-state index is 0.0850. The molecule has 0 aliphatic rings. The number of amides is 1. The summed E-state index contributed by atoms with van der Waals surface area (Å²) in [5.41, 5.74) is 0.0677. The maximum atomic E-state index is 13.2. The van der Waals surface area contributed by atoms with Gasteiger partial charge in [-0.3, -0.25) is 4.79 Å². The van der Waals surface area contributed by atoms with Gasteiger partial charge >= 0.3 is 5.97 Å². The fraction of sp³-hybridized carbons (Fsp3) is 0. The van der Waals surface area contributed by atoms with Crippen molar-refractivity contribution in [2.75, 3.05) is 5.32 Å². The highest BCUT2D eigenvalue weighted by Crippen LogP contribution is 2.21. The zero-order chi connectivity index (χ0) is 14.7. The summed E-state index contributed by atoms with van der Waals surface area (Å²) < 4.78 is 13.8. The van der Waals surface area contributed by atoms with E-state index in [1.165, 1.54) is 0 Å². The molecule has 0 bridgehead atoms. The van der Waals surface area contributed by atoms with Crippen LogP contribution < -0.4 is 5.32 Å². The number of rotatable bonds is 3. The molecule has 0 spiro atoms. The van der Waals surface area contributed by atoms with Gasteiger partial charge in [0.2, 0.25) is 0 Å². The summed E-state index contributed by atoms with van der Waals surface area (Å²) in [7, 11) is 0. The van der Waals surface area contributed by atoms with Gasteiger partial charge in [-0.05, 0) is 46.3 Å². The van der Waals surface area contributed by atoms with Crippen LogP contribution in [0.1, 0.15) is 20.7 Å². The minimum Gasteiger partial charge on any atom is -0.478 e. The molecule has 0 aromatic heterocycles. The summed E-state index contributed by atoms with van der Waals surface area (Å²) in [5.74, 6) is -2.39. The molecule has 0 aliphatic heterocycles. The van der Waals surface area contributed by atoms with E-state index in [0.717, 1.165) is 18.2 Å². The first-order valence-corrected chi connectivity index (χ1v) is 6.37. The van der Waals surface area contributed by atoms with Crippen LogP contribution in [0.15, 0.2) is 46.9 Å². The Kier molecular flexibility index (Phi) is 4.14. The van der Waals surface area contributed by atoms with Crippen molar-refractivity contribution in [1.29, 1.82) is 0 Å². The Bertz CT molecular complexity index is 688. The molecular formula is C14H9BrFNO3. The number of carbonyl (C=O) groups is 2. The van der Waals surface area contributed by atoms with Crippen molar-refractivity contribution in [2.45, 2.75) is 0 Å². The highest BCUT2D eigenvalue weighted by atomic mass is 79.9. The molecule has 0 unspecified atom stereocenters. The van der Waals surface area contributed by atoms with Gasteiger partial charge in [-0.2, -0.15) is 0 Å². The fourth-order valence-corrected chi connectivity index (χ4v) is 2.11. The number of benzene rings is 2. The molecule has 0 saturated heterocycles. The first-order chi connectivity index (χ1) is 9.49. The zero-order valence-electron chi connectivity index (χ0n) is 10.1. The van der Waals surface area contributed by atoms with E-state index in [1.54, 1.807) is 24.3 Å². The molecule has 2 N–H and O–H groups in total. The Morgan fingerprint density at radius 3 is 2.45 bits per heavy atom. The van der Waals surface area contributed by atoms with E-state index in [2.05, 4.69) is 21.2 Å². The summed E-state index contributed by atoms with van der Waals surface area (Å²) in [6.07, 6.45) is 0. The van der Waals surface area contributed by atoms with Gasteiger partial charge in [0.1, 0.15) is 5.82 Å². The number of halogens is 2. The molecule has 0 aliphatic carbocycles. The molecule has 2 rings (SSSR count). The summed E-state index contributed by atoms with van der Waals surface area (Å²) in [6, 6.07) is 9.76. The number of anilines is 1. The number of nitrogens with one attached hydrogen (secondary N) is 1. The second-order valence-corrected chi connectivity index (χ2v) is 4.78. The Morgan fingerprint density at radius 2 is 1.80 bits per heavy atom. The normalized spacial score (nSPS) is 10.1. The summed E-state index contributed by atoms with van der Waals surface area (Å²) >= 11 is 3.22. The lowest BCUT2D eigenvalue weighted by Gasteiger charge is -2.09. The highest BCUT2D eigenvalue weighted by Gasteiger charge is 2.15. The topological polar surface area (TPSA) is 66.4 Å². The number of aromatic carboxylic acids is 1. The molecule has 4 nitrogen and oxygen atoms in total. The van der Waals surface area contributed by atoms with Crippen molar-refractivity contribution < 1.29 is 19.1 Å². The van der Waals surface area contributed by atoms with Crippen LogP contribution in [0.3, 0.4) is 0 Å². The van der Waals surface area contributed by atoms with Crippen molar-refractivity contribution in [3.05, 3.63) is 63.9 Å². The highest BCUT2D eigenvalue weighted by molar-refractivity contribution is 9.10. The predicted octanol–water partition coefficient (Wildman–Crippen LogP) is 3.54. The zero-order valence-corrected chi connectivity index (χ0v) is 11.6. The van der Waals surface area contributed by atoms with Gasteiger partial charge in [0, 0.05) is 4.47 Å². The average molecular weight is 338 g/mol. The van der Waals surface area contributed by atoms with Gasteiger partial charge < -0.3 is 10.4 Å². The van der Waals surface area contributed by atoms with Crippen LogP contribution >= 0.6 is 15.9 Å². The molecule has 2 aromatic rings. The molecule has 0 radical (unpaired) electrons. The molecule has 2 aromatic carbocycles. The first kappa shape index (κ1) is 14.2. The van der Waals surface area contributed by atoms with Gasteiger partial charge in [-0.15, -0.1) is 0 Å². The third-order valence-electron chi connectivity index (χ3n) is 2.58. The van der Waals surface area contributed by atoms with E-state index in [4.69, 9.17) is 5.11 Å². The van der Waals surface area contributed by atoms with Crippen molar-refractivity contribution in [3.63, 3.8) is 0 Å². The lowest BCUT2D eigenvalue weighted by atomic mass is 10.1. The molecule has 0 saturated carbocycles. The van der Waals surface area contributed by atoms with Crippen LogP contribution in [0.25, 0.3) is 0 Å². The Morgan fingerprint density at radius 1 is 1.10 bits per heavy atom. The molecule has 0 atom stereocenters. The Balaban J connectivity index is 2.35. The monoisotopic (exact) mass is 337 g/mol. The molecule has 6 heteroatoms. The van der Waals surface area contributed by atoms with Crippen molar-refractivity contribution in [1.82, 2.24) is 0 Å². The van der Waals surface area contributed by atoms with E-state index in [9.17, 15) is 14.0 Å². The molecule has 102 valence electrons. The quantitative estimate of drug-likeness (QED) is 0.900. The number of carboxylic acid groups (broad SMARTS) is 1. The van der Waals surface area contributed by atoms with E-state index in [1.807, 2.05) is 0 Å². The van der Waals surface area contributed by atoms with Crippen LogP contribution in [-0.2, 0) is 0 Å². The SMILES string of the molecule is O=C(Nc1cc(F)ccc1C(=O)O)c1ccccc1Br. The summed E-state index contributed by atoms with van der Waals surface area (Å²) in [5, 5.41) is 11.4. The third kappa shape index (κ3) is 3.03. The second kappa shape index (κ2) is 5.83. The van der Waals surface area contributed by atoms with Gasteiger partial charge in [0.15, 0.2) is 0 Å². The minimum atomic E-state index is -1.24. The number of hydrogen-bond donors (Lipinski definition) is 2. The third-order valence-corrected chi connectivity index (χ3v) is 3.27. The number of carbonyl (C=O) groups excluding carboxylic acids is 1. The van der Waals surface area contributed by atoms with Crippen LogP contribution in [0.4, 0.5) is 10.1 Å². The van der Waals surface area contributed by atoms with Gasteiger partial charge in [-0.25, -0.2) is 9.18 Å². The average Bonchev–Trinajstić information content (AvgIpc) is 2.38. The van der Waals surface area contributed by atoms with Gasteiger partial charge in [-0.1, -0.05) is 12.1 Å². The van der Waals surface area contributed by atoms with Crippen LogP contribution in [-0.4, -0.2) is 17.0 Å². The molecule has 0 heterocycles. The maximum Gasteiger partial charge on any atom is 0.337 e. The van der Waals surface area contributed by atoms with E-state index >= 15 is 0 Å². The predicted molar refractivity (Wildman–Crippen MR) is 75.5 cm³/mol. The summed E-state index contributed by atoms with van der Waals surface area (Å²) in [4.78, 5) is 23.1. The van der Waals surface area contributed by atoms with E-state index in [0.29, 0.717) is 10.0 Å². The second-order valence-electron chi connectivity index (χ2n) is 3.93. The molecule has 0 fully saturated rings. The largest absolute Gasteiger partial charge is 0.478 e. The van der Waals surface area contributed by atoms with Crippen LogP contribution in [0, 0.1) is 5.82 Å². The van der Waals surface area contributed by atoms with Gasteiger partial charge in [0.05, 0.1) is 16.8 Å². The fourth-order valence-electron chi connectivity index (χ4n) is 1.64. The van der Waals surface area contributed by atoms with Crippen molar-refractivity contribution >= 4 is 33.5 Å². The first-order valence-electron chi connectivity index (χ1n) is 5.58. The summed E-state index contributed by atoms with van der Waals surface area (Å²) in [6.45, 7) is 0. The Labute approximate surface area is 122 Å². The lowest BCUT2D eigenvalue weighted by Crippen LogP contribution is -2.15. The van der Waals surface area contributed by atoms with E-state index in [-0.39, 0.29) is 11.3 Å².